The van der Waals surface area contributed by atoms with Crippen molar-refractivity contribution in [3.05, 3.63) is 29.3 Å². The van der Waals surface area contributed by atoms with E-state index in [2.05, 4.69) is 39.0 Å². The lowest BCUT2D eigenvalue weighted by molar-refractivity contribution is 0.302. The molecule has 0 atom stereocenters. The monoisotopic (exact) mass is 318 g/mol. The second kappa shape index (κ2) is 13.5. The molecule has 1 aromatic carbocycles. The van der Waals surface area contributed by atoms with Crippen LogP contribution in [0, 0.1) is 13.8 Å². The number of benzene rings is 1. The van der Waals surface area contributed by atoms with Gasteiger partial charge in [0.15, 0.2) is 0 Å². The molecule has 0 radical (unpaired) electrons. The summed E-state index contributed by atoms with van der Waals surface area (Å²) in [6.07, 6.45) is 16.7. The summed E-state index contributed by atoms with van der Waals surface area (Å²) in [6.45, 7) is 7.40. The van der Waals surface area contributed by atoms with E-state index < -0.39 is 0 Å². The fourth-order valence-corrected chi connectivity index (χ4v) is 3.09. The predicted octanol–water partition coefficient (Wildman–Crippen LogP) is 7.38. The molecule has 132 valence electrons. The van der Waals surface area contributed by atoms with Crippen LogP contribution < -0.4 is 4.74 Å². The van der Waals surface area contributed by atoms with Gasteiger partial charge in [0.25, 0.3) is 0 Å². The normalized spacial score (nSPS) is 10.9. The molecule has 0 fully saturated rings. The zero-order chi connectivity index (χ0) is 16.8. The first-order chi connectivity index (χ1) is 11.2. The lowest BCUT2D eigenvalue weighted by Gasteiger charge is -2.09. The third kappa shape index (κ3) is 10.4. The minimum Gasteiger partial charge on any atom is -0.493 e. The van der Waals surface area contributed by atoms with Gasteiger partial charge in [-0.15, -0.1) is 0 Å². The third-order valence-corrected chi connectivity index (χ3v) is 4.59. The smallest absolute Gasteiger partial charge is 0.122 e. The van der Waals surface area contributed by atoms with E-state index in [1.165, 1.54) is 88.2 Å². The van der Waals surface area contributed by atoms with Crippen LogP contribution in [0.15, 0.2) is 18.2 Å². The average molecular weight is 319 g/mol. The molecule has 0 aliphatic rings. The van der Waals surface area contributed by atoms with E-state index in [9.17, 15) is 0 Å². The first-order valence-corrected chi connectivity index (χ1v) is 9.94. The molecule has 0 aliphatic carbocycles. The van der Waals surface area contributed by atoms with Gasteiger partial charge >= 0.3 is 0 Å². The maximum Gasteiger partial charge on any atom is 0.122 e. The van der Waals surface area contributed by atoms with E-state index in [1.54, 1.807) is 0 Å². The van der Waals surface area contributed by atoms with Gasteiger partial charge in [-0.2, -0.15) is 0 Å². The molecule has 0 bridgehead atoms. The Kier molecular flexibility index (Phi) is 11.7. The molecule has 0 amide bonds. The summed E-state index contributed by atoms with van der Waals surface area (Å²) in [4.78, 5) is 0. The summed E-state index contributed by atoms with van der Waals surface area (Å²) in [5.41, 5.74) is 2.56. The number of unbranched alkanes of at least 4 members (excludes halogenated alkanes) is 11. The summed E-state index contributed by atoms with van der Waals surface area (Å²) in [5, 5.41) is 0. The zero-order valence-electron chi connectivity index (χ0n) is 15.8. The van der Waals surface area contributed by atoms with Crippen molar-refractivity contribution in [2.24, 2.45) is 0 Å². The van der Waals surface area contributed by atoms with E-state index in [-0.39, 0.29) is 0 Å². The number of rotatable bonds is 14. The summed E-state index contributed by atoms with van der Waals surface area (Å²) in [6, 6.07) is 6.42. The highest BCUT2D eigenvalue weighted by atomic mass is 16.5. The van der Waals surface area contributed by atoms with Gasteiger partial charge in [-0.25, -0.2) is 0 Å². The predicted molar refractivity (Wildman–Crippen MR) is 102 cm³/mol. The minimum atomic E-state index is 0.862. The van der Waals surface area contributed by atoms with Crippen molar-refractivity contribution >= 4 is 0 Å². The van der Waals surface area contributed by atoms with Crippen LogP contribution in [-0.2, 0) is 0 Å². The van der Waals surface area contributed by atoms with Crippen LogP contribution >= 0.6 is 0 Å². The van der Waals surface area contributed by atoms with Crippen molar-refractivity contribution in [3.63, 3.8) is 0 Å². The van der Waals surface area contributed by atoms with Gasteiger partial charge < -0.3 is 4.74 Å². The van der Waals surface area contributed by atoms with E-state index in [1.807, 2.05) is 0 Å². The molecule has 23 heavy (non-hydrogen) atoms. The fraction of sp³-hybridized carbons (Fsp3) is 0.727. The van der Waals surface area contributed by atoms with Crippen LogP contribution in [0.25, 0.3) is 0 Å². The molecule has 0 unspecified atom stereocenters. The molecule has 1 nitrogen and oxygen atoms in total. The van der Waals surface area contributed by atoms with Crippen molar-refractivity contribution in [2.75, 3.05) is 6.61 Å². The first kappa shape index (κ1) is 20.1. The molecule has 0 spiro atoms. The summed E-state index contributed by atoms with van der Waals surface area (Å²) < 4.78 is 5.88. The van der Waals surface area contributed by atoms with Gasteiger partial charge in [-0.1, -0.05) is 95.2 Å². The Morgan fingerprint density at radius 3 is 1.74 bits per heavy atom. The van der Waals surface area contributed by atoms with Crippen molar-refractivity contribution in [3.8, 4) is 5.75 Å². The Morgan fingerprint density at radius 1 is 0.696 bits per heavy atom. The van der Waals surface area contributed by atoms with Gasteiger partial charge in [0.05, 0.1) is 6.61 Å². The molecule has 0 aliphatic heterocycles. The highest BCUT2D eigenvalue weighted by molar-refractivity contribution is 5.35. The van der Waals surface area contributed by atoms with Crippen LogP contribution in [0.5, 0.6) is 5.75 Å². The van der Waals surface area contributed by atoms with Gasteiger partial charge in [0.2, 0.25) is 0 Å². The largest absolute Gasteiger partial charge is 0.493 e. The quantitative estimate of drug-likeness (QED) is 0.325. The average Bonchev–Trinajstić information content (AvgIpc) is 2.53. The van der Waals surface area contributed by atoms with Crippen molar-refractivity contribution in [2.45, 2.75) is 97.8 Å². The summed E-state index contributed by atoms with van der Waals surface area (Å²) in [5.74, 6) is 1.05. The highest BCUT2D eigenvalue weighted by Crippen LogP contribution is 2.19. The Labute approximate surface area is 144 Å². The molecule has 0 saturated heterocycles. The molecule has 0 heterocycles. The Morgan fingerprint density at radius 2 is 1.22 bits per heavy atom. The number of hydrogen-bond donors (Lipinski definition) is 0. The molecule has 1 aromatic rings. The third-order valence-electron chi connectivity index (χ3n) is 4.59. The topological polar surface area (TPSA) is 9.23 Å². The highest BCUT2D eigenvalue weighted by Gasteiger charge is 1.99. The van der Waals surface area contributed by atoms with Crippen molar-refractivity contribution in [1.82, 2.24) is 0 Å². The van der Waals surface area contributed by atoms with Gasteiger partial charge in [0.1, 0.15) is 5.75 Å². The Balaban J connectivity index is 1.86. The summed E-state index contributed by atoms with van der Waals surface area (Å²) in [7, 11) is 0. The number of hydrogen-bond acceptors (Lipinski definition) is 1. The Bertz CT molecular complexity index is 397. The molecule has 0 aromatic heterocycles. The zero-order valence-corrected chi connectivity index (χ0v) is 15.8. The Hall–Kier alpha value is -0.980. The van der Waals surface area contributed by atoms with E-state index >= 15 is 0 Å². The van der Waals surface area contributed by atoms with Crippen LogP contribution in [0.3, 0.4) is 0 Å². The van der Waals surface area contributed by atoms with Crippen LogP contribution in [0.1, 0.15) is 95.1 Å². The van der Waals surface area contributed by atoms with E-state index in [0.717, 1.165) is 12.4 Å². The molecule has 1 rings (SSSR count). The lowest BCUT2D eigenvalue weighted by atomic mass is 10.1. The van der Waals surface area contributed by atoms with Gasteiger partial charge in [-0.3, -0.25) is 0 Å². The van der Waals surface area contributed by atoms with E-state index in [4.69, 9.17) is 4.74 Å². The standard InChI is InChI=1S/C22H38O/c1-4-5-6-7-8-9-10-11-12-13-14-15-18-23-22-17-16-20(2)19-21(22)3/h16-17,19H,4-15,18H2,1-3H3. The second-order valence-electron chi connectivity index (χ2n) is 7.01. The number of ether oxygens (including phenoxy) is 1. The lowest BCUT2D eigenvalue weighted by Crippen LogP contribution is -1.99. The molecule has 0 saturated carbocycles. The second-order valence-corrected chi connectivity index (χ2v) is 7.01. The molecule has 0 N–H and O–H groups in total. The number of aryl methyl sites for hydroxylation is 2. The van der Waals surface area contributed by atoms with Gasteiger partial charge in [0, 0.05) is 0 Å². The van der Waals surface area contributed by atoms with Crippen LogP contribution in [-0.4, -0.2) is 6.61 Å². The summed E-state index contributed by atoms with van der Waals surface area (Å²) >= 11 is 0. The minimum absolute atomic E-state index is 0.862. The first-order valence-electron chi connectivity index (χ1n) is 9.94. The fourth-order valence-electron chi connectivity index (χ4n) is 3.09. The van der Waals surface area contributed by atoms with Crippen molar-refractivity contribution < 1.29 is 4.74 Å². The maximum atomic E-state index is 5.88. The van der Waals surface area contributed by atoms with E-state index in [0.29, 0.717) is 0 Å². The van der Waals surface area contributed by atoms with Crippen molar-refractivity contribution in [1.29, 1.82) is 0 Å². The SMILES string of the molecule is CCCCCCCCCCCCCCOc1ccc(C)cc1C. The van der Waals surface area contributed by atoms with Crippen LogP contribution in [0.4, 0.5) is 0 Å². The maximum absolute atomic E-state index is 5.88. The molecule has 1 heteroatoms. The van der Waals surface area contributed by atoms with Crippen LogP contribution in [0.2, 0.25) is 0 Å². The molecular weight excluding hydrogens is 280 g/mol. The van der Waals surface area contributed by atoms with Gasteiger partial charge in [-0.05, 0) is 31.9 Å². The molecular formula is C22H38O.